The largest absolute Gasteiger partial charge is 0.337 e. The second-order valence-corrected chi connectivity index (χ2v) is 10.2. The first-order valence-corrected chi connectivity index (χ1v) is 12.2. The van der Waals surface area contributed by atoms with E-state index in [0.29, 0.717) is 44.8 Å². The Morgan fingerprint density at radius 3 is 2.51 bits per heavy atom. The Labute approximate surface area is 221 Å². The second kappa shape index (κ2) is 9.09. The molecule has 0 spiro atoms. The van der Waals surface area contributed by atoms with Crippen LogP contribution in [0.1, 0.15) is 20.8 Å². The first kappa shape index (κ1) is 24.4. The molecule has 0 saturated heterocycles. The molecular formula is C29H23F2N7O. The molecular weight excluding hydrogens is 500 g/mol. The Hall–Kier alpha value is -4.99. The molecule has 0 bridgehead atoms. The van der Waals surface area contributed by atoms with Crippen LogP contribution in [0.4, 0.5) is 14.5 Å². The van der Waals surface area contributed by atoms with Gasteiger partial charge in [0.2, 0.25) is 5.91 Å². The average Bonchev–Trinajstić information content (AvgIpc) is 3.53. The first-order chi connectivity index (χ1) is 18.7. The number of carbonyl (C=O) groups excluding carboxylic acids is 1. The van der Waals surface area contributed by atoms with Gasteiger partial charge in [0.05, 0.1) is 40.0 Å². The number of rotatable bonds is 4. The lowest BCUT2D eigenvalue weighted by Gasteiger charge is -2.17. The molecule has 4 aromatic heterocycles. The van der Waals surface area contributed by atoms with Crippen LogP contribution in [0.25, 0.3) is 55.8 Å². The molecule has 39 heavy (non-hydrogen) atoms. The number of aromatic amines is 2. The molecule has 10 heteroatoms. The molecule has 8 nitrogen and oxygen atoms in total. The summed E-state index contributed by atoms with van der Waals surface area (Å²) in [6, 6.07) is 13.5. The van der Waals surface area contributed by atoms with Crippen LogP contribution in [0.3, 0.4) is 0 Å². The van der Waals surface area contributed by atoms with Crippen molar-refractivity contribution in [2.45, 2.75) is 20.8 Å². The number of benzene rings is 2. The number of pyridine rings is 2. The number of anilines is 1. The summed E-state index contributed by atoms with van der Waals surface area (Å²) in [5.41, 5.74) is 3.11. The van der Waals surface area contributed by atoms with Crippen molar-refractivity contribution in [2.75, 3.05) is 5.32 Å². The highest BCUT2D eigenvalue weighted by Crippen LogP contribution is 2.35. The van der Waals surface area contributed by atoms with E-state index in [9.17, 15) is 9.18 Å². The molecule has 0 aliphatic carbocycles. The third-order valence-corrected chi connectivity index (χ3v) is 6.40. The van der Waals surface area contributed by atoms with Gasteiger partial charge in [-0.15, -0.1) is 0 Å². The Balaban J connectivity index is 1.45. The molecule has 0 unspecified atom stereocenters. The third-order valence-electron chi connectivity index (χ3n) is 6.40. The van der Waals surface area contributed by atoms with E-state index < -0.39 is 11.2 Å². The van der Waals surface area contributed by atoms with Gasteiger partial charge in [0.15, 0.2) is 11.6 Å². The van der Waals surface area contributed by atoms with Crippen LogP contribution in [0, 0.1) is 17.0 Å². The van der Waals surface area contributed by atoms with Gasteiger partial charge in [0, 0.05) is 28.3 Å². The number of hydrogen-bond acceptors (Lipinski definition) is 5. The fourth-order valence-electron chi connectivity index (χ4n) is 4.35. The number of para-hydroxylation sites is 1. The quantitative estimate of drug-likeness (QED) is 0.244. The molecule has 2 aromatic carbocycles. The normalized spacial score (nSPS) is 11.8. The lowest BCUT2D eigenvalue weighted by molar-refractivity contribution is -0.123. The van der Waals surface area contributed by atoms with E-state index >= 15 is 4.39 Å². The van der Waals surface area contributed by atoms with Gasteiger partial charge < -0.3 is 10.3 Å². The molecule has 0 fully saturated rings. The number of nitrogens with one attached hydrogen (secondary N) is 3. The zero-order valence-electron chi connectivity index (χ0n) is 21.3. The van der Waals surface area contributed by atoms with Gasteiger partial charge in [-0.05, 0) is 18.2 Å². The molecule has 3 N–H and O–H groups in total. The zero-order valence-corrected chi connectivity index (χ0v) is 21.3. The number of amides is 1. The van der Waals surface area contributed by atoms with E-state index in [1.807, 2.05) is 6.07 Å². The van der Waals surface area contributed by atoms with E-state index in [-0.39, 0.29) is 28.5 Å². The third kappa shape index (κ3) is 4.29. The molecule has 194 valence electrons. The number of imidazole rings is 1. The smallest absolute Gasteiger partial charge is 0.229 e. The van der Waals surface area contributed by atoms with E-state index in [1.54, 1.807) is 57.2 Å². The maximum Gasteiger partial charge on any atom is 0.229 e. The minimum Gasteiger partial charge on any atom is -0.337 e. The topological polar surface area (TPSA) is 112 Å². The van der Waals surface area contributed by atoms with E-state index in [4.69, 9.17) is 0 Å². The van der Waals surface area contributed by atoms with Gasteiger partial charge in [0.1, 0.15) is 17.2 Å². The van der Waals surface area contributed by atoms with Crippen LogP contribution < -0.4 is 5.32 Å². The van der Waals surface area contributed by atoms with Crippen LogP contribution in [0.2, 0.25) is 0 Å². The Morgan fingerprint density at radius 1 is 0.923 bits per heavy atom. The van der Waals surface area contributed by atoms with Gasteiger partial charge >= 0.3 is 0 Å². The molecule has 0 aliphatic heterocycles. The molecule has 0 aliphatic rings. The van der Waals surface area contributed by atoms with Crippen molar-refractivity contribution >= 4 is 33.5 Å². The zero-order chi connectivity index (χ0) is 27.3. The second-order valence-electron chi connectivity index (χ2n) is 10.2. The lowest BCUT2D eigenvalue weighted by Crippen LogP contribution is -2.27. The van der Waals surface area contributed by atoms with Gasteiger partial charge in [-0.25, -0.2) is 13.8 Å². The minimum absolute atomic E-state index is 0.0488. The van der Waals surface area contributed by atoms with Crippen molar-refractivity contribution in [2.24, 2.45) is 5.41 Å². The van der Waals surface area contributed by atoms with Crippen LogP contribution in [-0.4, -0.2) is 36.0 Å². The Morgan fingerprint density at radius 2 is 1.72 bits per heavy atom. The minimum atomic E-state index is -0.618. The molecule has 0 radical (unpaired) electrons. The van der Waals surface area contributed by atoms with E-state index in [2.05, 4.69) is 35.5 Å². The van der Waals surface area contributed by atoms with Crippen molar-refractivity contribution in [3.05, 3.63) is 78.8 Å². The standard InChI is InChI=1S/C29H23F2N7O/c1-29(2,3)28(39)34-16-11-15(12-32-13-16)24-23(31)22-21(14-33-24)37-38-26(22)27-35-20-10-6-8-18(25(20)36-27)17-7-4-5-9-19(17)30/h4-14H,1-3H3,(H,34,39)(H,35,36)(H,37,38). The number of halogens is 2. The van der Waals surface area contributed by atoms with Gasteiger partial charge in [-0.3, -0.25) is 19.9 Å². The van der Waals surface area contributed by atoms with Crippen LogP contribution in [0.15, 0.2) is 67.1 Å². The maximum atomic E-state index is 16.0. The molecule has 6 aromatic rings. The van der Waals surface area contributed by atoms with Crippen LogP contribution in [-0.2, 0) is 4.79 Å². The summed E-state index contributed by atoms with van der Waals surface area (Å²) >= 11 is 0. The fraction of sp³-hybridized carbons (Fsp3) is 0.138. The number of H-pyrrole nitrogens is 2. The van der Waals surface area contributed by atoms with Gasteiger partial charge in [-0.2, -0.15) is 5.10 Å². The lowest BCUT2D eigenvalue weighted by atomic mass is 9.95. The molecule has 1 amide bonds. The van der Waals surface area contributed by atoms with Crippen molar-refractivity contribution in [3.8, 4) is 33.9 Å². The molecule has 0 atom stereocenters. The van der Waals surface area contributed by atoms with Crippen LogP contribution >= 0.6 is 0 Å². The first-order valence-electron chi connectivity index (χ1n) is 12.2. The van der Waals surface area contributed by atoms with E-state index in [0.717, 1.165) is 0 Å². The number of hydrogen-bond donors (Lipinski definition) is 3. The summed E-state index contributed by atoms with van der Waals surface area (Å²) in [5, 5.41) is 10.1. The summed E-state index contributed by atoms with van der Waals surface area (Å²) in [7, 11) is 0. The molecule has 0 saturated carbocycles. The highest BCUT2D eigenvalue weighted by atomic mass is 19.1. The Bertz CT molecular complexity index is 1880. The SMILES string of the molecule is CC(C)(C)C(=O)Nc1cncc(-c2ncc3[nH]nc(-c4nc5c(-c6ccccc6F)cccc5[nH]4)c3c2F)c1. The monoisotopic (exact) mass is 523 g/mol. The molecule has 4 heterocycles. The van der Waals surface area contributed by atoms with Crippen molar-refractivity contribution < 1.29 is 13.6 Å². The van der Waals surface area contributed by atoms with Crippen molar-refractivity contribution in [3.63, 3.8) is 0 Å². The number of fused-ring (bicyclic) bond motifs is 2. The summed E-state index contributed by atoms with van der Waals surface area (Å²) in [5.74, 6) is -0.856. The summed E-state index contributed by atoms with van der Waals surface area (Å²) in [4.78, 5) is 28.8. The summed E-state index contributed by atoms with van der Waals surface area (Å²) < 4.78 is 30.6. The highest BCUT2D eigenvalue weighted by molar-refractivity contribution is 5.98. The number of nitrogens with zero attached hydrogens (tertiary/aromatic N) is 4. The van der Waals surface area contributed by atoms with Gasteiger partial charge in [-0.1, -0.05) is 51.1 Å². The maximum absolute atomic E-state index is 16.0. The van der Waals surface area contributed by atoms with Crippen LogP contribution in [0.5, 0.6) is 0 Å². The van der Waals surface area contributed by atoms with Gasteiger partial charge in [0.25, 0.3) is 0 Å². The summed E-state index contributed by atoms with van der Waals surface area (Å²) in [6.45, 7) is 5.39. The highest BCUT2D eigenvalue weighted by Gasteiger charge is 2.23. The summed E-state index contributed by atoms with van der Waals surface area (Å²) in [6.07, 6.45) is 4.46. The average molecular weight is 524 g/mol. The van der Waals surface area contributed by atoms with E-state index in [1.165, 1.54) is 24.7 Å². The van der Waals surface area contributed by atoms with Crippen molar-refractivity contribution in [1.29, 1.82) is 0 Å². The Kier molecular flexibility index (Phi) is 5.67. The number of carbonyl (C=O) groups is 1. The fourth-order valence-corrected chi connectivity index (χ4v) is 4.35. The predicted octanol–water partition coefficient (Wildman–Crippen LogP) is 6.49. The van der Waals surface area contributed by atoms with Crippen molar-refractivity contribution in [1.82, 2.24) is 30.1 Å². The molecule has 6 rings (SSSR count). The number of aromatic nitrogens is 6. The predicted molar refractivity (Wildman–Crippen MR) is 146 cm³/mol.